The lowest BCUT2D eigenvalue weighted by atomic mass is 9.95. The number of hydrogen-bond donors (Lipinski definition) is 1. The number of carbonyl (C=O) groups is 1. The number of carbonyl (C=O) groups excluding carboxylic acids is 1. The van der Waals surface area contributed by atoms with Crippen LogP contribution in [0.3, 0.4) is 0 Å². The van der Waals surface area contributed by atoms with Crippen LogP contribution in [0.2, 0.25) is 0 Å². The molecule has 0 aliphatic carbocycles. The van der Waals surface area contributed by atoms with Crippen molar-refractivity contribution < 1.29 is 14.8 Å². The third-order valence-corrected chi connectivity index (χ3v) is 5.08. The fourth-order valence-electron chi connectivity index (χ4n) is 3.43. The number of hydrogen-bond acceptors (Lipinski definition) is 5. The molecule has 0 spiro atoms. The van der Waals surface area contributed by atoms with E-state index in [1.165, 1.54) is 6.07 Å². The zero-order chi connectivity index (χ0) is 17.3. The Morgan fingerprint density at radius 3 is 2.62 bits per heavy atom. The number of piperidine rings is 1. The van der Waals surface area contributed by atoms with E-state index in [0.29, 0.717) is 19.6 Å². The van der Waals surface area contributed by atoms with Gasteiger partial charge in [0.15, 0.2) is 0 Å². The van der Waals surface area contributed by atoms with E-state index in [1.807, 2.05) is 11.8 Å². The number of β-amino-alcohol motifs (C(OH)–C–C–N with tert-alkyl or cyclic N) is 1. The molecule has 1 amide bonds. The van der Waals surface area contributed by atoms with Gasteiger partial charge in [-0.2, -0.15) is 0 Å². The highest BCUT2D eigenvalue weighted by Gasteiger charge is 2.29. The second-order valence-corrected chi connectivity index (χ2v) is 6.74. The first-order valence-electron chi connectivity index (χ1n) is 8.48. The summed E-state index contributed by atoms with van der Waals surface area (Å²) in [5.74, 6) is -0.0306. The predicted molar refractivity (Wildman–Crippen MR) is 90.2 cm³/mol. The smallest absolute Gasteiger partial charge is 0.282 e. The molecule has 130 valence electrons. The number of benzene rings is 1. The van der Waals surface area contributed by atoms with E-state index in [0.717, 1.165) is 31.5 Å². The molecule has 2 fully saturated rings. The summed E-state index contributed by atoms with van der Waals surface area (Å²) in [5, 5.41) is 21.4. The number of amides is 1. The number of rotatable bonds is 3. The van der Waals surface area contributed by atoms with Gasteiger partial charge in [0.1, 0.15) is 5.56 Å². The summed E-state index contributed by atoms with van der Waals surface area (Å²) in [5.41, 5.74) is 0.753. The Hall–Kier alpha value is -2.15. The van der Waals surface area contributed by atoms with Gasteiger partial charge < -0.3 is 14.9 Å². The molecule has 3 rings (SSSR count). The van der Waals surface area contributed by atoms with Gasteiger partial charge >= 0.3 is 0 Å². The SMILES string of the molecule is CC1CCN(c2ccc([N+](=O)[O-])c(C(=O)N3CCCC3)c2)CC1O. The van der Waals surface area contributed by atoms with Gasteiger partial charge in [0, 0.05) is 37.9 Å². The van der Waals surface area contributed by atoms with Crippen molar-refractivity contribution >= 4 is 17.3 Å². The van der Waals surface area contributed by atoms with Crippen molar-refractivity contribution in [3.05, 3.63) is 33.9 Å². The van der Waals surface area contributed by atoms with Crippen molar-refractivity contribution in [2.75, 3.05) is 31.1 Å². The molecule has 2 aliphatic heterocycles. The molecule has 1 N–H and O–H groups in total. The van der Waals surface area contributed by atoms with E-state index in [4.69, 9.17) is 0 Å². The van der Waals surface area contributed by atoms with E-state index < -0.39 is 11.0 Å². The molecular formula is C17H23N3O4. The van der Waals surface area contributed by atoms with Crippen molar-refractivity contribution in [1.82, 2.24) is 4.90 Å². The second kappa shape index (κ2) is 6.76. The van der Waals surface area contributed by atoms with Gasteiger partial charge in [-0.3, -0.25) is 14.9 Å². The lowest BCUT2D eigenvalue weighted by molar-refractivity contribution is -0.385. The number of likely N-dealkylation sites (tertiary alicyclic amines) is 1. The highest BCUT2D eigenvalue weighted by Crippen LogP contribution is 2.30. The lowest BCUT2D eigenvalue weighted by Crippen LogP contribution is -2.43. The molecule has 2 unspecified atom stereocenters. The normalized spacial score (nSPS) is 24.2. The molecule has 24 heavy (non-hydrogen) atoms. The summed E-state index contributed by atoms with van der Waals surface area (Å²) in [6.07, 6.45) is 2.31. The van der Waals surface area contributed by atoms with Crippen molar-refractivity contribution in [3.8, 4) is 0 Å². The fraction of sp³-hybridized carbons (Fsp3) is 0.588. The number of nitro benzene ring substituents is 1. The van der Waals surface area contributed by atoms with Crippen molar-refractivity contribution in [2.24, 2.45) is 5.92 Å². The largest absolute Gasteiger partial charge is 0.391 e. The Morgan fingerprint density at radius 1 is 1.29 bits per heavy atom. The maximum Gasteiger partial charge on any atom is 0.282 e. The molecule has 2 atom stereocenters. The molecule has 2 aliphatic rings. The minimum atomic E-state index is -0.500. The molecule has 0 aromatic heterocycles. The Labute approximate surface area is 141 Å². The van der Waals surface area contributed by atoms with Crippen LogP contribution in [0.1, 0.15) is 36.5 Å². The minimum Gasteiger partial charge on any atom is -0.391 e. The topological polar surface area (TPSA) is 86.9 Å². The van der Waals surface area contributed by atoms with Crippen LogP contribution in [0.5, 0.6) is 0 Å². The van der Waals surface area contributed by atoms with Gasteiger partial charge in [-0.25, -0.2) is 0 Å². The first-order valence-corrected chi connectivity index (χ1v) is 8.48. The molecule has 2 saturated heterocycles. The van der Waals surface area contributed by atoms with Crippen LogP contribution in [0.25, 0.3) is 0 Å². The summed E-state index contributed by atoms with van der Waals surface area (Å²) in [6.45, 7) is 4.57. The van der Waals surface area contributed by atoms with E-state index in [9.17, 15) is 20.0 Å². The molecule has 0 bridgehead atoms. The highest BCUT2D eigenvalue weighted by molar-refractivity contribution is 5.99. The van der Waals surface area contributed by atoms with Crippen LogP contribution in [0.4, 0.5) is 11.4 Å². The Kier molecular flexibility index (Phi) is 4.71. The van der Waals surface area contributed by atoms with Crippen LogP contribution in [-0.4, -0.2) is 53.1 Å². The Bertz CT molecular complexity index is 643. The van der Waals surface area contributed by atoms with Crippen molar-refractivity contribution in [2.45, 2.75) is 32.3 Å². The van der Waals surface area contributed by atoms with Crippen LogP contribution in [0, 0.1) is 16.0 Å². The average molecular weight is 333 g/mol. The quantitative estimate of drug-likeness (QED) is 0.675. The number of aliphatic hydroxyl groups is 1. The Morgan fingerprint density at radius 2 is 2.00 bits per heavy atom. The van der Waals surface area contributed by atoms with E-state index in [1.54, 1.807) is 17.0 Å². The van der Waals surface area contributed by atoms with E-state index in [2.05, 4.69) is 0 Å². The monoisotopic (exact) mass is 333 g/mol. The molecular weight excluding hydrogens is 310 g/mol. The van der Waals surface area contributed by atoms with Gasteiger partial charge in [0.05, 0.1) is 11.0 Å². The molecule has 0 saturated carbocycles. The zero-order valence-corrected chi connectivity index (χ0v) is 13.9. The predicted octanol–water partition coefficient (Wildman–Crippen LogP) is 2.04. The second-order valence-electron chi connectivity index (χ2n) is 6.74. The standard InChI is InChI=1S/C17H23N3O4/c1-12-6-9-19(11-16(12)21)13-4-5-15(20(23)24)14(10-13)17(22)18-7-2-3-8-18/h4-5,10,12,16,21H,2-3,6-9,11H2,1H3. The van der Waals surface area contributed by atoms with E-state index in [-0.39, 0.29) is 23.1 Å². The molecule has 2 heterocycles. The first kappa shape index (κ1) is 16.7. The molecule has 1 aromatic rings. The molecule has 1 aromatic carbocycles. The summed E-state index contributed by atoms with van der Waals surface area (Å²) in [7, 11) is 0. The van der Waals surface area contributed by atoms with Crippen LogP contribution < -0.4 is 4.90 Å². The van der Waals surface area contributed by atoms with Gasteiger partial charge in [-0.1, -0.05) is 6.92 Å². The summed E-state index contributed by atoms with van der Waals surface area (Å²) in [4.78, 5) is 27.2. The molecule has 7 nitrogen and oxygen atoms in total. The molecule has 0 radical (unpaired) electrons. The number of nitrogens with zero attached hydrogens (tertiary/aromatic N) is 3. The van der Waals surface area contributed by atoms with Gasteiger partial charge in [0.25, 0.3) is 11.6 Å². The summed E-state index contributed by atoms with van der Waals surface area (Å²) in [6, 6.07) is 4.69. The highest BCUT2D eigenvalue weighted by atomic mass is 16.6. The minimum absolute atomic E-state index is 0.146. The fourth-order valence-corrected chi connectivity index (χ4v) is 3.43. The number of nitro groups is 1. The maximum absolute atomic E-state index is 12.7. The third kappa shape index (κ3) is 3.21. The van der Waals surface area contributed by atoms with Gasteiger partial charge in [-0.15, -0.1) is 0 Å². The van der Waals surface area contributed by atoms with E-state index >= 15 is 0 Å². The van der Waals surface area contributed by atoms with Gasteiger partial charge in [0.2, 0.25) is 0 Å². The van der Waals surface area contributed by atoms with Crippen LogP contribution >= 0.6 is 0 Å². The van der Waals surface area contributed by atoms with Crippen molar-refractivity contribution in [3.63, 3.8) is 0 Å². The van der Waals surface area contributed by atoms with Crippen molar-refractivity contribution in [1.29, 1.82) is 0 Å². The maximum atomic E-state index is 12.7. The van der Waals surface area contributed by atoms with Crippen LogP contribution in [-0.2, 0) is 0 Å². The molecule has 7 heteroatoms. The van der Waals surface area contributed by atoms with Gasteiger partial charge in [-0.05, 0) is 37.3 Å². The third-order valence-electron chi connectivity index (χ3n) is 5.08. The number of aliphatic hydroxyl groups excluding tert-OH is 1. The van der Waals surface area contributed by atoms with Crippen LogP contribution in [0.15, 0.2) is 18.2 Å². The first-order chi connectivity index (χ1) is 11.5. The lowest BCUT2D eigenvalue weighted by Gasteiger charge is -2.36. The summed E-state index contributed by atoms with van der Waals surface area (Å²) < 4.78 is 0. The Balaban J connectivity index is 1.91. The average Bonchev–Trinajstić information content (AvgIpc) is 3.10. The zero-order valence-electron chi connectivity index (χ0n) is 13.9. The number of anilines is 1. The summed E-state index contributed by atoms with van der Waals surface area (Å²) >= 11 is 0.